The third-order valence-electron chi connectivity index (χ3n) is 5.71. The molecule has 0 spiro atoms. The number of fused-ring (bicyclic) bond motifs is 1. The number of likely N-dealkylation sites (tertiary alicyclic amines) is 1. The third-order valence-corrected chi connectivity index (χ3v) is 5.71. The van der Waals surface area contributed by atoms with Crippen LogP contribution in [0.15, 0.2) is 24.3 Å². The van der Waals surface area contributed by atoms with Crippen LogP contribution in [0, 0.1) is 6.92 Å². The monoisotopic (exact) mass is 433 g/mol. The van der Waals surface area contributed by atoms with Crippen molar-refractivity contribution in [2.24, 2.45) is 0 Å². The molecule has 6 heteroatoms. The molecule has 2 aromatic rings. The first-order valence-corrected chi connectivity index (χ1v) is 10.6. The van der Waals surface area contributed by atoms with Gasteiger partial charge in [-0.1, -0.05) is 32.0 Å². The maximum absolute atomic E-state index is 12.0. The minimum absolute atomic E-state index is 0. The highest BCUT2D eigenvalue weighted by atomic mass is 35.5. The van der Waals surface area contributed by atoms with Crippen molar-refractivity contribution in [1.29, 1.82) is 0 Å². The van der Waals surface area contributed by atoms with E-state index >= 15 is 0 Å². The number of hydrogen-bond acceptors (Lipinski definition) is 5. The van der Waals surface area contributed by atoms with Crippen LogP contribution in [0.5, 0.6) is 11.5 Å². The minimum Gasteiger partial charge on any atom is -0.422 e. The number of esters is 2. The molecule has 1 atom stereocenters. The van der Waals surface area contributed by atoms with E-state index in [4.69, 9.17) is 9.47 Å². The Labute approximate surface area is 185 Å². The second-order valence-electron chi connectivity index (χ2n) is 7.80. The molecule has 2 aromatic carbocycles. The van der Waals surface area contributed by atoms with Crippen molar-refractivity contribution in [1.82, 2.24) is 4.90 Å². The zero-order valence-electron chi connectivity index (χ0n) is 18.3. The molecule has 1 heterocycles. The highest BCUT2D eigenvalue weighted by Crippen LogP contribution is 2.39. The van der Waals surface area contributed by atoms with Gasteiger partial charge >= 0.3 is 11.9 Å². The normalized spacial score (nSPS) is 14.9. The van der Waals surface area contributed by atoms with Crippen LogP contribution in [0.4, 0.5) is 0 Å². The molecule has 0 aromatic heterocycles. The first-order chi connectivity index (χ1) is 13.9. The van der Waals surface area contributed by atoms with Gasteiger partial charge in [0.2, 0.25) is 0 Å². The van der Waals surface area contributed by atoms with Gasteiger partial charge < -0.3 is 14.4 Å². The molecule has 0 amide bonds. The van der Waals surface area contributed by atoms with Gasteiger partial charge in [0.15, 0.2) is 11.5 Å². The van der Waals surface area contributed by atoms with Crippen molar-refractivity contribution >= 4 is 35.1 Å². The van der Waals surface area contributed by atoms with Gasteiger partial charge in [0.25, 0.3) is 0 Å². The van der Waals surface area contributed by atoms with E-state index in [1.54, 1.807) is 13.8 Å². The van der Waals surface area contributed by atoms with Gasteiger partial charge in [0.05, 0.1) is 0 Å². The van der Waals surface area contributed by atoms with Gasteiger partial charge in [-0.05, 0) is 68.6 Å². The van der Waals surface area contributed by atoms with Crippen molar-refractivity contribution < 1.29 is 19.1 Å². The number of nitrogens with zero attached hydrogens (tertiary/aromatic N) is 1. The zero-order chi connectivity index (χ0) is 21.0. The molecule has 0 radical (unpaired) electrons. The molecule has 5 nitrogen and oxygen atoms in total. The predicted molar refractivity (Wildman–Crippen MR) is 122 cm³/mol. The number of benzene rings is 2. The fourth-order valence-electron chi connectivity index (χ4n) is 4.09. The van der Waals surface area contributed by atoms with Gasteiger partial charge in [-0.15, -0.1) is 12.4 Å². The van der Waals surface area contributed by atoms with Gasteiger partial charge in [0.1, 0.15) is 0 Å². The largest absolute Gasteiger partial charge is 0.422 e. The third kappa shape index (κ3) is 5.32. The topological polar surface area (TPSA) is 55.8 Å². The Morgan fingerprint density at radius 2 is 1.70 bits per heavy atom. The summed E-state index contributed by atoms with van der Waals surface area (Å²) >= 11 is 0. The Morgan fingerprint density at radius 1 is 1.07 bits per heavy atom. The number of aryl methyl sites for hydroxylation is 1. The van der Waals surface area contributed by atoms with E-state index in [1.807, 2.05) is 25.1 Å². The Hall–Kier alpha value is -2.11. The lowest BCUT2D eigenvalue weighted by Crippen LogP contribution is -2.31. The molecular weight excluding hydrogens is 402 g/mol. The van der Waals surface area contributed by atoms with Crippen LogP contribution >= 0.6 is 12.4 Å². The van der Waals surface area contributed by atoms with Crippen molar-refractivity contribution in [3.8, 4) is 11.5 Å². The highest BCUT2D eigenvalue weighted by molar-refractivity contribution is 5.94. The van der Waals surface area contributed by atoms with Crippen molar-refractivity contribution in [3.63, 3.8) is 0 Å². The molecular formula is C24H32ClNO4. The number of carbonyl (C=O) groups excluding carboxylic acids is 2. The second kappa shape index (κ2) is 10.8. The second-order valence-corrected chi connectivity index (χ2v) is 7.80. The summed E-state index contributed by atoms with van der Waals surface area (Å²) in [7, 11) is 0. The fraction of sp³-hybridized carbons (Fsp3) is 0.500. The summed E-state index contributed by atoms with van der Waals surface area (Å²) in [5.41, 5.74) is 2.06. The molecule has 1 aliphatic heterocycles. The summed E-state index contributed by atoms with van der Waals surface area (Å²) in [5.74, 6) is -0.0265. The van der Waals surface area contributed by atoms with Gasteiger partial charge in [-0.3, -0.25) is 9.59 Å². The van der Waals surface area contributed by atoms with E-state index in [0.717, 1.165) is 35.8 Å². The van der Waals surface area contributed by atoms with Crippen LogP contribution in [0.2, 0.25) is 0 Å². The van der Waals surface area contributed by atoms with Crippen LogP contribution < -0.4 is 9.47 Å². The summed E-state index contributed by atoms with van der Waals surface area (Å²) < 4.78 is 11.1. The highest BCUT2D eigenvalue weighted by Gasteiger charge is 2.22. The van der Waals surface area contributed by atoms with Crippen LogP contribution in [0.1, 0.15) is 57.6 Å². The van der Waals surface area contributed by atoms with Gasteiger partial charge in [-0.2, -0.15) is 0 Å². The number of ether oxygens (including phenoxy) is 2. The first kappa shape index (κ1) is 24.2. The molecule has 0 saturated carbocycles. The molecule has 1 saturated heterocycles. The Kier molecular flexibility index (Phi) is 8.68. The van der Waals surface area contributed by atoms with Gasteiger partial charge in [0, 0.05) is 24.4 Å². The van der Waals surface area contributed by atoms with Crippen molar-refractivity contribution in [2.75, 3.05) is 13.1 Å². The predicted octanol–water partition coefficient (Wildman–Crippen LogP) is 5.23. The molecule has 0 bridgehead atoms. The first-order valence-electron chi connectivity index (χ1n) is 10.6. The summed E-state index contributed by atoms with van der Waals surface area (Å²) in [5, 5.41) is 2.07. The van der Waals surface area contributed by atoms with Crippen molar-refractivity contribution in [3.05, 3.63) is 35.4 Å². The number of rotatable bonds is 7. The van der Waals surface area contributed by atoms with E-state index < -0.39 is 0 Å². The quantitative estimate of drug-likeness (QED) is 0.442. The molecule has 3 rings (SSSR count). The summed E-state index contributed by atoms with van der Waals surface area (Å²) in [4.78, 5) is 26.5. The SMILES string of the molecule is CCC(=O)Oc1cc2cccc(CC(C)N3CCCC3)c2c(C)c1OC(=O)CC.Cl. The number of hydrogen-bond donors (Lipinski definition) is 0. The fourth-order valence-corrected chi connectivity index (χ4v) is 4.09. The van der Waals surface area contributed by atoms with Crippen LogP contribution in [-0.4, -0.2) is 36.0 Å². The van der Waals surface area contributed by atoms with E-state index in [9.17, 15) is 9.59 Å². The lowest BCUT2D eigenvalue weighted by Gasteiger charge is -2.25. The average Bonchev–Trinajstić information content (AvgIpc) is 3.25. The zero-order valence-corrected chi connectivity index (χ0v) is 19.1. The molecule has 1 fully saturated rings. The van der Waals surface area contributed by atoms with E-state index in [0.29, 0.717) is 17.5 Å². The number of halogens is 1. The lowest BCUT2D eigenvalue weighted by molar-refractivity contribution is -0.136. The average molecular weight is 434 g/mol. The smallest absolute Gasteiger partial charge is 0.311 e. The molecule has 1 aliphatic rings. The molecule has 1 unspecified atom stereocenters. The van der Waals surface area contributed by atoms with E-state index in [-0.39, 0.29) is 37.2 Å². The van der Waals surface area contributed by atoms with Gasteiger partial charge in [-0.25, -0.2) is 0 Å². The van der Waals surface area contributed by atoms with Crippen LogP contribution in [0.25, 0.3) is 10.8 Å². The Morgan fingerprint density at radius 3 is 2.33 bits per heavy atom. The van der Waals surface area contributed by atoms with E-state index in [1.165, 1.54) is 18.4 Å². The minimum atomic E-state index is -0.351. The van der Waals surface area contributed by atoms with Crippen LogP contribution in [0.3, 0.4) is 0 Å². The molecule has 0 aliphatic carbocycles. The maximum atomic E-state index is 12.0. The molecule has 164 valence electrons. The molecule has 0 N–H and O–H groups in total. The standard InChI is InChI=1S/C24H31NO4.ClH/c1-5-21(26)28-20-15-19-11-9-10-18(14-16(3)25-12-7-8-13-25)23(19)17(4)24(20)29-22(27)6-2;/h9-11,15-16H,5-8,12-14H2,1-4H3;1H. The van der Waals surface area contributed by atoms with Crippen molar-refractivity contribution in [2.45, 2.75) is 65.8 Å². The number of carbonyl (C=O) groups is 2. The Balaban J connectivity index is 0.00000320. The maximum Gasteiger partial charge on any atom is 0.311 e. The van der Waals surface area contributed by atoms with E-state index in [2.05, 4.69) is 17.9 Å². The molecule has 30 heavy (non-hydrogen) atoms. The summed E-state index contributed by atoms with van der Waals surface area (Å²) in [6.45, 7) is 10.0. The van der Waals surface area contributed by atoms with Crippen LogP contribution in [-0.2, 0) is 16.0 Å². The Bertz CT molecular complexity index is 906. The summed E-state index contributed by atoms with van der Waals surface area (Å²) in [6.07, 6.45) is 3.97. The lowest BCUT2D eigenvalue weighted by atomic mass is 9.94. The summed E-state index contributed by atoms with van der Waals surface area (Å²) in [6, 6.07) is 8.46.